The molecule has 1 atom stereocenters. The molecule has 0 amide bonds. The van der Waals surface area contributed by atoms with Gasteiger partial charge in [0.05, 0.1) is 5.02 Å². The molecular weight excluding hydrogens is 238 g/mol. The molecule has 7 heteroatoms. The molecule has 0 aromatic heterocycles. The van der Waals surface area contributed by atoms with Gasteiger partial charge in [-0.1, -0.05) is 17.7 Å². The Bertz CT molecular complexity index is 380. The van der Waals surface area contributed by atoms with E-state index in [2.05, 4.69) is 0 Å². The second-order valence-corrected chi connectivity index (χ2v) is 3.23. The Labute approximate surface area is 87.3 Å². The molecule has 15 heavy (non-hydrogen) atoms. The van der Waals surface area contributed by atoms with E-state index in [9.17, 15) is 17.6 Å². The number of alkyl halides is 3. The molecule has 0 unspecified atom stereocenters. The van der Waals surface area contributed by atoms with E-state index in [0.717, 1.165) is 12.1 Å². The summed E-state index contributed by atoms with van der Waals surface area (Å²) < 4.78 is 49.4. The smallest absolute Gasteiger partial charge is 0.407 e. The molecule has 1 aromatic carbocycles. The molecule has 0 bridgehead atoms. The van der Waals surface area contributed by atoms with Crippen LogP contribution >= 0.6 is 11.6 Å². The lowest BCUT2D eigenvalue weighted by Gasteiger charge is -2.17. The maximum absolute atomic E-state index is 12.9. The summed E-state index contributed by atoms with van der Waals surface area (Å²) in [5.74, 6) is -2.49. The maximum Gasteiger partial charge on any atom is 0.407 e. The van der Waals surface area contributed by atoms with Gasteiger partial charge in [0.25, 0.3) is 0 Å². The van der Waals surface area contributed by atoms with Crippen LogP contribution in [0.3, 0.4) is 0 Å². The first-order valence-electron chi connectivity index (χ1n) is 3.74. The third kappa shape index (κ3) is 2.32. The quantitative estimate of drug-likeness (QED) is 0.745. The molecule has 0 heterocycles. The van der Waals surface area contributed by atoms with Gasteiger partial charge >= 0.3 is 6.18 Å². The van der Waals surface area contributed by atoms with E-state index in [4.69, 9.17) is 22.4 Å². The number of hydrogen-bond acceptors (Lipinski definition) is 2. The van der Waals surface area contributed by atoms with Crippen LogP contribution in [-0.4, -0.2) is 11.3 Å². The van der Waals surface area contributed by atoms with E-state index in [1.54, 1.807) is 0 Å². The third-order valence-corrected chi connectivity index (χ3v) is 2.08. The van der Waals surface area contributed by atoms with Crippen LogP contribution < -0.4 is 5.73 Å². The molecule has 0 saturated heterocycles. The number of rotatable bonds is 1. The monoisotopic (exact) mass is 243 g/mol. The molecule has 0 aliphatic heterocycles. The molecule has 0 radical (unpaired) electrons. The van der Waals surface area contributed by atoms with Crippen molar-refractivity contribution in [1.82, 2.24) is 0 Å². The van der Waals surface area contributed by atoms with Crippen LogP contribution in [0, 0.1) is 5.82 Å². The first-order chi connectivity index (χ1) is 6.75. The van der Waals surface area contributed by atoms with Crippen molar-refractivity contribution in [1.29, 1.82) is 0 Å². The zero-order chi connectivity index (χ0) is 11.8. The van der Waals surface area contributed by atoms with Crippen molar-refractivity contribution >= 4 is 11.6 Å². The predicted molar refractivity (Wildman–Crippen MR) is 46.1 cm³/mol. The normalized spacial score (nSPS) is 14.0. The van der Waals surface area contributed by atoms with Crippen molar-refractivity contribution in [2.45, 2.75) is 12.2 Å². The fourth-order valence-corrected chi connectivity index (χ4v) is 1.13. The summed E-state index contributed by atoms with van der Waals surface area (Å²) in [6, 6.07) is -0.708. The fraction of sp³-hybridized carbons (Fsp3) is 0.250. The highest BCUT2D eigenvalue weighted by Gasteiger charge is 2.39. The number of aromatic hydroxyl groups is 1. The molecule has 3 N–H and O–H groups in total. The number of phenolic OH excluding ortho intramolecular Hbond substituents is 1. The summed E-state index contributed by atoms with van der Waals surface area (Å²) in [4.78, 5) is 0. The van der Waals surface area contributed by atoms with Crippen LogP contribution in [-0.2, 0) is 0 Å². The minimum Gasteiger partial charge on any atom is -0.505 e. The Hall–Kier alpha value is -1.01. The van der Waals surface area contributed by atoms with E-state index in [1.165, 1.54) is 0 Å². The SMILES string of the molecule is N[C@@H](c1ccc(Cl)c(F)c1O)C(F)(F)F. The molecule has 0 aliphatic rings. The summed E-state index contributed by atoms with van der Waals surface area (Å²) in [5.41, 5.74) is 4.05. The molecule has 2 nitrogen and oxygen atoms in total. The molecule has 0 saturated carbocycles. The number of hydrogen-bond donors (Lipinski definition) is 2. The summed E-state index contributed by atoms with van der Waals surface area (Å²) in [7, 11) is 0. The molecule has 1 aromatic rings. The Morgan fingerprint density at radius 2 is 1.87 bits per heavy atom. The summed E-state index contributed by atoms with van der Waals surface area (Å²) in [5, 5.41) is 8.61. The molecule has 0 fully saturated rings. The van der Waals surface area contributed by atoms with Crippen LogP contribution in [0.5, 0.6) is 5.75 Å². The van der Waals surface area contributed by atoms with Gasteiger partial charge in [-0.25, -0.2) is 4.39 Å². The van der Waals surface area contributed by atoms with Gasteiger partial charge in [0.15, 0.2) is 11.6 Å². The van der Waals surface area contributed by atoms with Crippen LogP contribution in [0.25, 0.3) is 0 Å². The van der Waals surface area contributed by atoms with Gasteiger partial charge in [0.2, 0.25) is 0 Å². The second kappa shape index (κ2) is 3.86. The molecular formula is C8H6ClF4NO. The Balaban J connectivity index is 3.23. The van der Waals surface area contributed by atoms with Crippen LogP contribution in [0.4, 0.5) is 17.6 Å². The Kier molecular flexibility index (Phi) is 3.11. The molecule has 0 aliphatic carbocycles. The van der Waals surface area contributed by atoms with E-state index in [0.29, 0.717) is 0 Å². The van der Waals surface area contributed by atoms with Gasteiger partial charge in [-0.05, 0) is 6.07 Å². The minimum absolute atomic E-state index is 0.467. The number of benzene rings is 1. The van der Waals surface area contributed by atoms with Gasteiger partial charge in [-0.15, -0.1) is 0 Å². The first-order valence-corrected chi connectivity index (χ1v) is 4.12. The summed E-state index contributed by atoms with van der Waals surface area (Å²) >= 11 is 5.25. The largest absolute Gasteiger partial charge is 0.505 e. The highest BCUT2D eigenvalue weighted by molar-refractivity contribution is 6.30. The van der Waals surface area contributed by atoms with Crippen molar-refractivity contribution in [2.75, 3.05) is 0 Å². The topological polar surface area (TPSA) is 46.2 Å². The van der Waals surface area contributed by atoms with E-state index in [1.807, 2.05) is 0 Å². The van der Waals surface area contributed by atoms with Crippen LogP contribution in [0.1, 0.15) is 11.6 Å². The highest BCUT2D eigenvalue weighted by atomic mass is 35.5. The molecule has 84 valence electrons. The average molecular weight is 244 g/mol. The van der Waals surface area contributed by atoms with Crippen molar-refractivity contribution < 1.29 is 22.7 Å². The van der Waals surface area contributed by atoms with Crippen LogP contribution in [0.2, 0.25) is 5.02 Å². The van der Waals surface area contributed by atoms with Gasteiger partial charge in [0, 0.05) is 5.56 Å². The second-order valence-electron chi connectivity index (χ2n) is 2.82. The van der Waals surface area contributed by atoms with E-state index < -0.39 is 34.4 Å². The van der Waals surface area contributed by atoms with Gasteiger partial charge in [-0.3, -0.25) is 0 Å². The van der Waals surface area contributed by atoms with E-state index in [-0.39, 0.29) is 0 Å². The van der Waals surface area contributed by atoms with Gasteiger partial charge in [0.1, 0.15) is 6.04 Å². The standard InChI is InChI=1S/C8H6ClF4NO/c9-4-2-1-3(6(15)5(4)10)7(14)8(11,12)13/h1-2,7,15H,14H2/t7-/m0/s1. The summed E-state index contributed by atoms with van der Waals surface area (Å²) in [6.45, 7) is 0. The zero-order valence-electron chi connectivity index (χ0n) is 7.15. The number of halogens is 5. The first kappa shape index (κ1) is 12.1. The Morgan fingerprint density at radius 1 is 1.33 bits per heavy atom. The van der Waals surface area contributed by atoms with Gasteiger partial charge in [-0.2, -0.15) is 13.2 Å². The van der Waals surface area contributed by atoms with E-state index >= 15 is 0 Å². The average Bonchev–Trinajstić information content (AvgIpc) is 2.12. The molecule has 1 rings (SSSR count). The lowest BCUT2D eigenvalue weighted by molar-refractivity contribution is -0.149. The van der Waals surface area contributed by atoms with Gasteiger partial charge < -0.3 is 10.8 Å². The highest BCUT2D eigenvalue weighted by Crippen LogP contribution is 2.37. The fourth-order valence-electron chi connectivity index (χ4n) is 0.982. The number of nitrogens with two attached hydrogens (primary N) is 1. The van der Waals surface area contributed by atoms with Crippen molar-refractivity contribution in [3.8, 4) is 5.75 Å². The number of phenols is 1. The Morgan fingerprint density at radius 3 is 2.33 bits per heavy atom. The maximum atomic E-state index is 12.9. The summed E-state index contributed by atoms with van der Waals surface area (Å²) in [6.07, 6.45) is -4.75. The lowest BCUT2D eigenvalue weighted by atomic mass is 10.1. The zero-order valence-corrected chi connectivity index (χ0v) is 7.90. The molecule has 0 spiro atoms. The van der Waals surface area contributed by atoms with Crippen molar-refractivity contribution in [3.63, 3.8) is 0 Å². The minimum atomic E-state index is -4.75. The predicted octanol–water partition coefficient (Wildman–Crippen LogP) is 2.75. The third-order valence-electron chi connectivity index (χ3n) is 1.79. The van der Waals surface area contributed by atoms with Crippen molar-refractivity contribution in [3.05, 3.63) is 28.5 Å². The van der Waals surface area contributed by atoms with Crippen LogP contribution in [0.15, 0.2) is 12.1 Å². The lowest BCUT2D eigenvalue weighted by Crippen LogP contribution is -2.28. The van der Waals surface area contributed by atoms with Crippen molar-refractivity contribution in [2.24, 2.45) is 5.73 Å².